The first-order valence-corrected chi connectivity index (χ1v) is 6.13. The van der Waals surface area contributed by atoms with Crippen LogP contribution in [0.25, 0.3) is 11.1 Å². The Morgan fingerprint density at radius 3 is 2.26 bits per heavy atom. The van der Waals surface area contributed by atoms with Gasteiger partial charge in [0, 0.05) is 0 Å². The van der Waals surface area contributed by atoms with Gasteiger partial charge in [-0.25, -0.2) is 0 Å². The summed E-state index contributed by atoms with van der Waals surface area (Å²) < 4.78 is 5.41. The van der Waals surface area contributed by atoms with Crippen LogP contribution in [-0.4, -0.2) is 17.8 Å². The third kappa shape index (κ3) is 3.84. The molecule has 0 bridgehead atoms. The molecule has 0 fully saturated rings. The normalized spacial score (nSPS) is 11.6. The summed E-state index contributed by atoms with van der Waals surface area (Å²) >= 11 is 0. The summed E-state index contributed by atoms with van der Waals surface area (Å²) in [6, 6.07) is 19.7. The molecule has 0 radical (unpaired) electrons. The van der Waals surface area contributed by atoms with Crippen molar-refractivity contribution >= 4 is 0 Å². The summed E-state index contributed by atoms with van der Waals surface area (Å²) in [4.78, 5) is 0. The second-order valence-electron chi connectivity index (χ2n) is 4.22. The van der Waals surface area contributed by atoms with E-state index in [2.05, 4.69) is 0 Å². The lowest BCUT2D eigenvalue weighted by molar-refractivity contribution is 0.111. The van der Waals surface area contributed by atoms with Crippen molar-refractivity contribution in [2.45, 2.75) is 12.5 Å². The Hall–Kier alpha value is -2.31. The van der Waals surface area contributed by atoms with Crippen molar-refractivity contribution < 1.29 is 9.84 Å². The van der Waals surface area contributed by atoms with E-state index in [1.165, 1.54) is 0 Å². The summed E-state index contributed by atoms with van der Waals surface area (Å²) in [7, 11) is 0. The van der Waals surface area contributed by atoms with Gasteiger partial charge in [-0.3, -0.25) is 0 Å². The average Bonchev–Trinajstić information content (AvgIpc) is 2.47. The van der Waals surface area contributed by atoms with E-state index in [-0.39, 0.29) is 13.0 Å². The lowest BCUT2D eigenvalue weighted by Gasteiger charge is -2.10. The monoisotopic (exact) mass is 253 g/mol. The maximum atomic E-state index is 9.40. The maximum absolute atomic E-state index is 9.40. The van der Waals surface area contributed by atoms with E-state index in [9.17, 15) is 5.11 Å². The van der Waals surface area contributed by atoms with Crippen LogP contribution in [0.3, 0.4) is 0 Å². The molecule has 0 amide bonds. The van der Waals surface area contributed by atoms with Crippen molar-refractivity contribution in [3.8, 4) is 22.9 Å². The van der Waals surface area contributed by atoms with E-state index in [0.717, 1.165) is 11.1 Å². The topological polar surface area (TPSA) is 53.2 Å². The molecule has 0 saturated heterocycles. The summed E-state index contributed by atoms with van der Waals surface area (Å²) in [6.07, 6.45) is -0.652. The largest absolute Gasteiger partial charge is 0.491 e. The van der Waals surface area contributed by atoms with Crippen molar-refractivity contribution in [3.05, 3.63) is 54.6 Å². The van der Waals surface area contributed by atoms with Gasteiger partial charge in [0.1, 0.15) is 18.5 Å². The molecule has 96 valence electrons. The number of aliphatic hydroxyl groups is 1. The highest BCUT2D eigenvalue weighted by molar-refractivity contribution is 5.63. The van der Waals surface area contributed by atoms with Crippen molar-refractivity contribution in [1.29, 1.82) is 5.26 Å². The van der Waals surface area contributed by atoms with E-state index in [1.807, 2.05) is 60.7 Å². The van der Waals surface area contributed by atoms with Gasteiger partial charge in [-0.2, -0.15) is 5.26 Å². The molecule has 0 heterocycles. The zero-order valence-electron chi connectivity index (χ0n) is 10.5. The predicted octanol–water partition coefficient (Wildman–Crippen LogP) is 3.01. The number of hydrogen-bond donors (Lipinski definition) is 1. The van der Waals surface area contributed by atoms with Gasteiger partial charge in [0.2, 0.25) is 0 Å². The SMILES string of the molecule is N#CCC(O)COc1ccc(-c2ccccc2)cc1. The predicted molar refractivity (Wildman–Crippen MR) is 73.6 cm³/mol. The molecule has 0 spiro atoms. The van der Waals surface area contributed by atoms with Crippen LogP contribution in [0.15, 0.2) is 54.6 Å². The molecule has 3 nitrogen and oxygen atoms in total. The molecule has 0 aliphatic carbocycles. The van der Waals surface area contributed by atoms with Gasteiger partial charge in [0.15, 0.2) is 0 Å². The minimum absolute atomic E-state index is 0.0854. The Morgan fingerprint density at radius 1 is 1.00 bits per heavy atom. The van der Waals surface area contributed by atoms with Gasteiger partial charge in [0.25, 0.3) is 0 Å². The van der Waals surface area contributed by atoms with Gasteiger partial charge in [-0.05, 0) is 23.3 Å². The lowest BCUT2D eigenvalue weighted by atomic mass is 10.1. The highest BCUT2D eigenvalue weighted by Gasteiger charge is 2.04. The third-order valence-corrected chi connectivity index (χ3v) is 2.73. The number of nitriles is 1. The molecular weight excluding hydrogens is 238 g/mol. The van der Waals surface area contributed by atoms with Crippen molar-refractivity contribution in [2.75, 3.05) is 6.61 Å². The number of ether oxygens (including phenoxy) is 1. The smallest absolute Gasteiger partial charge is 0.119 e. The van der Waals surface area contributed by atoms with E-state index in [4.69, 9.17) is 10.00 Å². The fraction of sp³-hybridized carbons (Fsp3) is 0.188. The summed E-state index contributed by atoms with van der Waals surface area (Å²) in [5.41, 5.74) is 2.27. The second kappa shape index (κ2) is 6.58. The molecule has 0 saturated carbocycles. The molecule has 2 rings (SSSR count). The minimum atomic E-state index is -0.737. The first-order chi connectivity index (χ1) is 9.29. The Morgan fingerprint density at radius 2 is 1.63 bits per heavy atom. The number of nitrogens with zero attached hydrogens (tertiary/aromatic N) is 1. The second-order valence-corrected chi connectivity index (χ2v) is 4.22. The first-order valence-electron chi connectivity index (χ1n) is 6.13. The van der Waals surface area contributed by atoms with Crippen LogP contribution >= 0.6 is 0 Å². The summed E-state index contributed by atoms with van der Waals surface area (Å²) in [6.45, 7) is 0.137. The molecule has 0 aliphatic rings. The Balaban J connectivity index is 1.98. The van der Waals surface area contributed by atoms with Crippen LogP contribution in [-0.2, 0) is 0 Å². The maximum Gasteiger partial charge on any atom is 0.119 e. The Bertz CT molecular complexity index is 543. The average molecular weight is 253 g/mol. The number of hydrogen-bond acceptors (Lipinski definition) is 3. The van der Waals surface area contributed by atoms with Gasteiger partial charge in [0.05, 0.1) is 12.5 Å². The molecule has 0 aliphatic heterocycles. The molecule has 1 atom stereocenters. The van der Waals surface area contributed by atoms with Crippen LogP contribution in [0, 0.1) is 11.3 Å². The molecule has 1 N–H and O–H groups in total. The fourth-order valence-corrected chi connectivity index (χ4v) is 1.73. The number of aliphatic hydroxyl groups excluding tert-OH is 1. The van der Waals surface area contributed by atoms with E-state index in [0.29, 0.717) is 5.75 Å². The van der Waals surface area contributed by atoms with E-state index in [1.54, 1.807) is 0 Å². The van der Waals surface area contributed by atoms with Crippen LogP contribution in [0.1, 0.15) is 6.42 Å². The molecule has 0 aromatic heterocycles. The van der Waals surface area contributed by atoms with Crippen molar-refractivity contribution in [3.63, 3.8) is 0 Å². The van der Waals surface area contributed by atoms with Crippen LogP contribution in [0.4, 0.5) is 0 Å². The van der Waals surface area contributed by atoms with Crippen molar-refractivity contribution in [1.82, 2.24) is 0 Å². The van der Waals surface area contributed by atoms with Gasteiger partial charge < -0.3 is 9.84 Å². The Kier molecular flexibility index (Phi) is 4.54. The first kappa shape index (κ1) is 13.1. The van der Waals surface area contributed by atoms with E-state index < -0.39 is 6.10 Å². The van der Waals surface area contributed by atoms with Gasteiger partial charge >= 0.3 is 0 Å². The molecular formula is C16H15NO2. The highest BCUT2D eigenvalue weighted by Crippen LogP contribution is 2.22. The molecule has 2 aromatic rings. The van der Waals surface area contributed by atoms with Gasteiger partial charge in [-0.15, -0.1) is 0 Å². The molecule has 2 aromatic carbocycles. The molecule has 1 unspecified atom stereocenters. The standard InChI is InChI=1S/C16H15NO2/c17-11-10-15(18)12-19-16-8-6-14(7-9-16)13-4-2-1-3-5-13/h1-9,15,18H,10,12H2. The number of rotatable bonds is 5. The number of benzene rings is 2. The molecule has 19 heavy (non-hydrogen) atoms. The zero-order chi connectivity index (χ0) is 13.5. The summed E-state index contributed by atoms with van der Waals surface area (Å²) in [5.74, 6) is 0.691. The summed E-state index contributed by atoms with van der Waals surface area (Å²) in [5, 5.41) is 17.8. The van der Waals surface area contributed by atoms with Crippen LogP contribution in [0.5, 0.6) is 5.75 Å². The Labute approximate surface area is 112 Å². The molecule has 3 heteroatoms. The van der Waals surface area contributed by atoms with Crippen LogP contribution in [0.2, 0.25) is 0 Å². The van der Waals surface area contributed by atoms with Crippen LogP contribution < -0.4 is 4.74 Å². The fourth-order valence-electron chi connectivity index (χ4n) is 1.73. The lowest BCUT2D eigenvalue weighted by Crippen LogP contribution is -2.16. The highest BCUT2D eigenvalue weighted by atomic mass is 16.5. The third-order valence-electron chi connectivity index (χ3n) is 2.73. The zero-order valence-corrected chi connectivity index (χ0v) is 10.5. The van der Waals surface area contributed by atoms with Crippen molar-refractivity contribution in [2.24, 2.45) is 0 Å². The van der Waals surface area contributed by atoms with E-state index >= 15 is 0 Å². The quantitative estimate of drug-likeness (QED) is 0.891. The minimum Gasteiger partial charge on any atom is -0.491 e. The van der Waals surface area contributed by atoms with Gasteiger partial charge in [-0.1, -0.05) is 42.5 Å².